The van der Waals surface area contributed by atoms with E-state index in [0.717, 1.165) is 0 Å². The maximum atomic E-state index is 12.9. The maximum Gasteiger partial charge on any atom is 0.272 e. The number of nitro benzene ring substituents is 1. The molecule has 21 heavy (non-hydrogen) atoms. The number of imidazole rings is 1. The number of alkyl halides is 2. The Hall–Kier alpha value is -2.31. The number of aromatic nitrogens is 2. The molecule has 2 aromatic rings. The third-order valence-corrected chi connectivity index (χ3v) is 3.79. The number of hydrogen-bond donors (Lipinski definition) is 1. The zero-order valence-corrected chi connectivity index (χ0v) is 11.3. The number of rotatable bonds is 3. The number of aromatic amines is 1. The molecule has 1 heterocycles. The quantitative estimate of drug-likeness (QED) is 0.691. The van der Waals surface area contributed by atoms with Gasteiger partial charge in [0.2, 0.25) is 5.92 Å². The van der Waals surface area contributed by atoms with Gasteiger partial charge in [-0.1, -0.05) is 12.1 Å². The van der Waals surface area contributed by atoms with Crippen LogP contribution in [0.15, 0.2) is 24.4 Å². The van der Waals surface area contributed by atoms with E-state index in [1.54, 1.807) is 19.1 Å². The number of H-pyrrole nitrogens is 1. The lowest BCUT2D eigenvalue weighted by molar-refractivity contribution is -0.385. The molecule has 7 heteroatoms. The van der Waals surface area contributed by atoms with Crippen LogP contribution in [0.25, 0.3) is 11.3 Å². The standard InChI is InChI=1S/C14H13F2N3O2/c1-8-2-3-9(4-12(8)19(20)21)11-7-17-13(18-11)10-5-14(15,16)6-10/h2-4,7,10H,5-6H2,1H3,(H,17,18). The van der Waals surface area contributed by atoms with Crippen molar-refractivity contribution in [2.24, 2.45) is 0 Å². The molecule has 3 rings (SSSR count). The van der Waals surface area contributed by atoms with Gasteiger partial charge in [0.25, 0.3) is 5.69 Å². The van der Waals surface area contributed by atoms with Crippen molar-refractivity contribution in [1.29, 1.82) is 0 Å². The van der Waals surface area contributed by atoms with Gasteiger partial charge >= 0.3 is 0 Å². The highest BCUT2D eigenvalue weighted by atomic mass is 19.3. The molecule has 0 amide bonds. The van der Waals surface area contributed by atoms with Crippen molar-refractivity contribution in [2.75, 3.05) is 0 Å². The van der Waals surface area contributed by atoms with Crippen LogP contribution in [0.4, 0.5) is 14.5 Å². The zero-order chi connectivity index (χ0) is 15.2. The van der Waals surface area contributed by atoms with E-state index in [1.807, 2.05) is 0 Å². The first-order chi connectivity index (χ1) is 9.85. The summed E-state index contributed by atoms with van der Waals surface area (Å²) in [6.07, 6.45) is 1.13. The van der Waals surface area contributed by atoms with E-state index in [2.05, 4.69) is 9.97 Å². The molecular formula is C14H13F2N3O2. The van der Waals surface area contributed by atoms with Crippen molar-refractivity contribution >= 4 is 5.69 Å². The van der Waals surface area contributed by atoms with Crippen LogP contribution in [0.2, 0.25) is 0 Å². The Bertz CT molecular complexity index is 704. The molecule has 1 N–H and O–H groups in total. The molecule has 1 aliphatic rings. The number of benzene rings is 1. The van der Waals surface area contributed by atoms with Crippen molar-refractivity contribution < 1.29 is 13.7 Å². The monoisotopic (exact) mass is 293 g/mol. The van der Waals surface area contributed by atoms with Gasteiger partial charge in [0.05, 0.1) is 16.8 Å². The van der Waals surface area contributed by atoms with Gasteiger partial charge in [0.1, 0.15) is 5.82 Å². The summed E-state index contributed by atoms with van der Waals surface area (Å²) in [6.45, 7) is 1.66. The number of halogens is 2. The molecule has 0 atom stereocenters. The largest absolute Gasteiger partial charge is 0.342 e. The van der Waals surface area contributed by atoms with Crippen molar-refractivity contribution in [3.63, 3.8) is 0 Å². The predicted molar refractivity (Wildman–Crippen MR) is 72.3 cm³/mol. The van der Waals surface area contributed by atoms with Crippen LogP contribution in [-0.2, 0) is 0 Å². The van der Waals surface area contributed by atoms with Gasteiger partial charge in [-0.2, -0.15) is 0 Å². The van der Waals surface area contributed by atoms with Crippen LogP contribution in [-0.4, -0.2) is 20.8 Å². The zero-order valence-electron chi connectivity index (χ0n) is 11.3. The summed E-state index contributed by atoms with van der Waals surface area (Å²) in [6, 6.07) is 4.86. The Kier molecular flexibility index (Phi) is 3.00. The average Bonchev–Trinajstić information content (AvgIpc) is 2.85. The second-order valence-corrected chi connectivity index (χ2v) is 5.40. The molecule has 0 unspecified atom stereocenters. The minimum atomic E-state index is -2.60. The third kappa shape index (κ3) is 2.51. The predicted octanol–water partition coefficient (Wildman–Crippen LogP) is 3.81. The van der Waals surface area contributed by atoms with Crippen molar-refractivity contribution in [3.8, 4) is 11.3 Å². The molecular weight excluding hydrogens is 280 g/mol. The summed E-state index contributed by atoms with van der Waals surface area (Å²) in [5.74, 6) is -2.35. The van der Waals surface area contributed by atoms with Gasteiger partial charge in [-0.25, -0.2) is 13.8 Å². The summed E-state index contributed by atoms with van der Waals surface area (Å²) in [5.41, 5.74) is 1.82. The highest BCUT2D eigenvalue weighted by molar-refractivity contribution is 5.63. The fourth-order valence-electron chi connectivity index (χ4n) is 2.52. The van der Waals surface area contributed by atoms with Gasteiger partial charge in [-0.15, -0.1) is 0 Å². The first-order valence-electron chi connectivity index (χ1n) is 6.54. The highest BCUT2D eigenvalue weighted by Gasteiger charge is 2.47. The molecule has 0 spiro atoms. The lowest BCUT2D eigenvalue weighted by Gasteiger charge is -2.33. The van der Waals surface area contributed by atoms with Crippen LogP contribution in [0.5, 0.6) is 0 Å². The molecule has 0 saturated heterocycles. The Morgan fingerprint density at radius 3 is 2.76 bits per heavy atom. The first-order valence-corrected chi connectivity index (χ1v) is 6.54. The lowest BCUT2D eigenvalue weighted by atomic mass is 9.81. The van der Waals surface area contributed by atoms with E-state index in [4.69, 9.17) is 0 Å². The van der Waals surface area contributed by atoms with Crippen LogP contribution < -0.4 is 0 Å². The second-order valence-electron chi connectivity index (χ2n) is 5.40. The van der Waals surface area contributed by atoms with Crippen molar-refractivity contribution in [3.05, 3.63) is 45.9 Å². The Balaban J connectivity index is 1.87. The summed E-state index contributed by atoms with van der Waals surface area (Å²) in [5, 5.41) is 10.9. The summed E-state index contributed by atoms with van der Waals surface area (Å²) >= 11 is 0. The SMILES string of the molecule is Cc1ccc(-c2cnc(C3CC(F)(F)C3)[nH]2)cc1[N+](=O)[O-]. The van der Waals surface area contributed by atoms with E-state index in [0.29, 0.717) is 22.6 Å². The molecule has 1 saturated carbocycles. The molecule has 0 bridgehead atoms. The second kappa shape index (κ2) is 4.61. The molecule has 1 aromatic carbocycles. The van der Waals surface area contributed by atoms with E-state index >= 15 is 0 Å². The summed E-state index contributed by atoms with van der Waals surface area (Å²) in [7, 11) is 0. The van der Waals surface area contributed by atoms with Gasteiger partial charge < -0.3 is 4.98 Å². The Morgan fingerprint density at radius 2 is 2.14 bits per heavy atom. The van der Waals surface area contributed by atoms with Crippen molar-refractivity contribution in [1.82, 2.24) is 9.97 Å². The average molecular weight is 293 g/mol. The summed E-state index contributed by atoms with van der Waals surface area (Å²) < 4.78 is 25.7. The smallest absolute Gasteiger partial charge is 0.272 e. The fourth-order valence-corrected chi connectivity index (χ4v) is 2.52. The minimum Gasteiger partial charge on any atom is -0.342 e. The normalized spacial score (nSPS) is 17.5. The topological polar surface area (TPSA) is 71.8 Å². The molecule has 0 radical (unpaired) electrons. The number of hydrogen-bond acceptors (Lipinski definition) is 3. The fraction of sp³-hybridized carbons (Fsp3) is 0.357. The van der Waals surface area contributed by atoms with Crippen LogP contribution in [0.1, 0.15) is 30.1 Å². The van der Waals surface area contributed by atoms with E-state index in [1.165, 1.54) is 12.3 Å². The molecule has 5 nitrogen and oxygen atoms in total. The maximum absolute atomic E-state index is 12.9. The highest BCUT2D eigenvalue weighted by Crippen LogP contribution is 2.47. The van der Waals surface area contributed by atoms with E-state index < -0.39 is 10.8 Å². The molecule has 1 aromatic heterocycles. The van der Waals surface area contributed by atoms with Gasteiger partial charge in [-0.05, 0) is 6.92 Å². The molecule has 110 valence electrons. The van der Waals surface area contributed by atoms with Crippen LogP contribution in [0, 0.1) is 17.0 Å². The third-order valence-electron chi connectivity index (χ3n) is 3.79. The van der Waals surface area contributed by atoms with Crippen molar-refractivity contribution in [2.45, 2.75) is 31.6 Å². The molecule has 1 fully saturated rings. The van der Waals surface area contributed by atoms with E-state index in [9.17, 15) is 18.9 Å². The first kappa shape index (κ1) is 13.7. The number of nitrogens with one attached hydrogen (secondary N) is 1. The van der Waals surface area contributed by atoms with Crippen LogP contribution >= 0.6 is 0 Å². The van der Waals surface area contributed by atoms with Crippen LogP contribution in [0.3, 0.4) is 0 Å². The number of nitrogens with zero attached hydrogens (tertiary/aromatic N) is 2. The number of nitro groups is 1. The van der Waals surface area contributed by atoms with E-state index in [-0.39, 0.29) is 24.4 Å². The van der Waals surface area contributed by atoms with Gasteiger partial charge in [0.15, 0.2) is 0 Å². The summed E-state index contributed by atoms with van der Waals surface area (Å²) in [4.78, 5) is 17.6. The lowest BCUT2D eigenvalue weighted by Crippen LogP contribution is -2.34. The Morgan fingerprint density at radius 1 is 1.43 bits per heavy atom. The Labute approximate surface area is 119 Å². The van der Waals surface area contributed by atoms with Gasteiger partial charge in [-0.3, -0.25) is 10.1 Å². The molecule has 0 aliphatic heterocycles. The minimum absolute atomic E-state index is 0.0267. The van der Waals surface area contributed by atoms with Gasteiger partial charge in [0, 0.05) is 36.0 Å². The molecule has 1 aliphatic carbocycles. The number of aryl methyl sites for hydroxylation is 1.